The number of halogens is 4. The second kappa shape index (κ2) is 9.83. The predicted octanol–water partition coefficient (Wildman–Crippen LogP) is 4.90. The van der Waals surface area contributed by atoms with Gasteiger partial charge in [0.1, 0.15) is 5.75 Å². The van der Waals surface area contributed by atoms with Gasteiger partial charge in [-0.3, -0.25) is 4.90 Å². The molecule has 2 fully saturated rings. The van der Waals surface area contributed by atoms with Crippen molar-refractivity contribution in [3.63, 3.8) is 0 Å². The minimum absolute atomic E-state index is 0. The summed E-state index contributed by atoms with van der Waals surface area (Å²) < 4.78 is 1.94. The van der Waals surface area contributed by atoms with E-state index in [9.17, 15) is 5.11 Å². The lowest BCUT2D eigenvalue weighted by Crippen LogP contribution is -2.46. The van der Waals surface area contributed by atoms with Crippen molar-refractivity contribution in [2.75, 3.05) is 26.2 Å². The van der Waals surface area contributed by atoms with E-state index in [-0.39, 0.29) is 24.8 Å². The number of rotatable bonds is 3. The van der Waals surface area contributed by atoms with Crippen LogP contribution >= 0.6 is 56.7 Å². The lowest BCUT2D eigenvalue weighted by Gasteiger charge is -2.39. The molecule has 0 aromatic heterocycles. The van der Waals surface area contributed by atoms with Crippen molar-refractivity contribution >= 4 is 56.7 Å². The van der Waals surface area contributed by atoms with Gasteiger partial charge >= 0.3 is 0 Å². The molecule has 3 rings (SSSR count). The van der Waals surface area contributed by atoms with Crippen molar-refractivity contribution in [1.29, 1.82) is 0 Å². The Balaban J connectivity index is 0.00000132. The van der Waals surface area contributed by atoms with Crippen LogP contribution in [0.4, 0.5) is 0 Å². The first-order chi connectivity index (χ1) is 10.2. The molecule has 1 saturated carbocycles. The minimum Gasteiger partial charge on any atom is -0.508 e. The molecule has 1 aromatic rings. The number of phenolic OH excluding ortho intramolecular Hbond substituents is 1. The van der Waals surface area contributed by atoms with Crippen LogP contribution in [0.5, 0.6) is 5.75 Å². The summed E-state index contributed by atoms with van der Waals surface area (Å²) in [6.45, 7) is 4.20. The van der Waals surface area contributed by atoms with Gasteiger partial charge in [0.25, 0.3) is 0 Å². The number of hydrogen-bond donors (Lipinski definition) is 2. The summed E-state index contributed by atoms with van der Waals surface area (Å²) in [7, 11) is 0. The van der Waals surface area contributed by atoms with Crippen molar-refractivity contribution in [3.05, 3.63) is 26.6 Å². The predicted molar refractivity (Wildman–Crippen MR) is 107 cm³/mol. The fourth-order valence-corrected chi connectivity index (χ4v) is 5.25. The number of nitrogens with one attached hydrogen (secondary N) is 1. The molecule has 0 radical (unpaired) electrons. The van der Waals surface area contributed by atoms with Crippen LogP contribution in [0.2, 0.25) is 0 Å². The molecule has 1 aliphatic carbocycles. The van der Waals surface area contributed by atoms with Gasteiger partial charge in [0.2, 0.25) is 0 Å². The first-order valence-corrected chi connectivity index (χ1v) is 9.38. The number of aromatic hydroxyl groups is 1. The number of hydrogen-bond acceptors (Lipinski definition) is 3. The summed E-state index contributed by atoms with van der Waals surface area (Å²) in [4.78, 5) is 2.56. The molecule has 7 heteroatoms. The molecule has 1 atom stereocenters. The molecule has 0 amide bonds. The number of phenols is 1. The van der Waals surface area contributed by atoms with Crippen molar-refractivity contribution in [2.24, 2.45) is 5.92 Å². The molecule has 1 aliphatic heterocycles. The van der Waals surface area contributed by atoms with E-state index < -0.39 is 0 Å². The lowest BCUT2D eigenvalue weighted by molar-refractivity contribution is 0.123. The van der Waals surface area contributed by atoms with E-state index in [1.807, 2.05) is 6.07 Å². The molecular weight excluding hydrogens is 467 g/mol. The van der Waals surface area contributed by atoms with Gasteiger partial charge in [-0.25, -0.2) is 0 Å². The topological polar surface area (TPSA) is 35.5 Å². The van der Waals surface area contributed by atoms with Gasteiger partial charge in [-0.2, -0.15) is 0 Å². The SMILES string of the molecule is Cl.Cl.Oc1cc(Br)cc(Br)c1[C@H](C1CCCC1)N1CCNCC1. The quantitative estimate of drug-likeness (QED) is 0.632. The molecule has 23 heavy (non-hydrogen) atoms. The van der Waals surface area contributed by atoms with E-state index in [1.165, 1.54) is 25.7 Å². The highest BCUT2D eigenvalue weighted by Crippen LogP contribution is 2.46. The number of benzene rings is 1. The maximum atomic E-state index is 10.5. The zero-order valence-corrected chi connectivity index (χ0v) is 17.7. The molecule has 1 saturated heterocycles. The normalized spacial score (nSPS) is 20.6. The standard InChI is InChI=1S/C16H22Br2N2O.2ClH/c17-12-9-13(18)15(14(21)10-12)16(11-3-1-2-4-11)20-7-5-19-6-8-20;;/h9-11,16,19,21H,1-8H2;2*1H/t16-;;/m0../s1. The second-order valence-corrected chi connectivity index (χ2v) is 7.87. The smallest absolute Gasteiger partial charge is 0.122 e. The van der Waals surface area contributed by atoms with E-state index in [1.54, 1.807) is 0 Å². The highest BCUT2D eigenvalue weighted by molar-refractivity contribution is 9.11. The van der Waals surface area contributed by atoms with Crippen molar-refractivity contribution in [2.45, 2.75) is 31.7 Å². The summed E-state index contributed by atoms with van der Waals surface area (Å²) in [5, 5.41) is 14.0. The van der Waals surface area contributed by atoms with Crippen LogP contribution in [-0.4, -0.2) is 36.2 Å². The molecule has 0 spiro atoms. The molecule has 1 aromatic carbocycles. The van der Waals surface area contributed by atoms with Crippen molar-refractivity contribution < 1.29 is 5.11 Å². The monoisotopic (exact) mass is 488 g/mol. The highest BCUT2D eigenvalue weighted by Gasteiger charge is 2.34. The number of nitrogens with zero attached hydrogens (tertiary/aromatic N) is 1. The zero-order chi connectivity index (χ0) is 14.8. The Kier molecular flexibility index (Phi) is 9.20. The minimum atomic E-state index is 0. The average Bonchev–Trinajstić information content (AvgIpc) is 2.97. The van der Waals surface area contributed by atoms with E-state index in [0.29, 0.717) is 17.7 Å². The fourth-order valence-electron chi connectivity index (χ4n) is 3.81. The zero-order valence-electron chi connectivity index (χ0n) is 12.9. The van der Waals surface area contributed by atoms with Crippen molar-refractivity contribution in [1.82, 2.24) is 10.2 Å². The Labute approximate surface area is 167 Å². The van der Waals surface area contributed by atoms with Crippen LogP contribution in [0.1, 0.15) is 37.3 Å². The summed E-state index contributed by atoms with van der Waals surface area (Å²) in [6, 6.07) is 4.21. The third-order valence-corrected chi connectivity index (χ3v) is 5.87. The van der Waals surface area contributed by atoms with Crippen LogP contribution in [0, 0.1) is 5.92 Å². The largest absolute Gasteiger partial charge is 0.508 e. The molecular formula is C16H24Br2Cl2N2O. The highest BCUT2D eigenvalue weighted by atomic mass is 79.9. The average molecular weight is 491 g/mol. The van der Waals surface area contributed by atoms with Crippen LogP contribution in [0.3, 0.4) is 0 Å². The summed E-state index contributed by atoms with van der Waals surface area (Å²) in [5.74, 6) is 1.07. The maximum absolute atomic E-state index is 10.5. The number of piperazine rings is 1. The van der Waals surface area contributed by atoms with Gasteiger partial charge in [-0.05, 0) is 30.9 Å². The Morgan fingerprint density at radius 3 is 2.26 bits per heavy atom. The third kappa shape index (κ3) is 4.99. The summed E-state index contributed by atoms with van der Waals surface area (Å²) in [6.07, 6.45) is 5.19. The maximum Gasteiger partial charge on any atom is 0.122 e. The Morgan fingerprint density at radius 1 is 1.09 bits per heavy atom. The lowest BCUT2D eigenvalue weighted by atomic mass is 9.89. The van der Waals surface area contributed by atoms with E-state index in [4.69, 9.17) is 0 Å². The molecule has 0 unspecified atom stereocenters. The van der Waals surface area contributed by atoms with Crippen LogP contribution in [0.25, 0.3) is 0 Å². The van der Waals surface area contributed by atoms with Gasteiger partial charge in [0, 0.05) is 46.7 Å². The Morgan fingerprint density at radius 2 is 1.70 bits per heavy atom. The van der Waals surface area contributed by atoms with Crippen LogP contribution in [-0.2, 0) is 0 Å². The van der Waals surface area contributed by atoms with Gasteiger partial charge < -0.3 is 10.4 Å². The Hall–Kier alpha value is 0.480. The van der Waals surface area contributed by atoms with Gasteiger partial charge in [-0.1, -0.05) is 44.7 Å². The first kappa shape index (κ1) is 21.5. The van der Waals surface area contributed by atoms with E-state index in [2.05, 4.69) is 48.1 Å². The molecule has 1 heterocycles. The molecule has 2 N–H and O–H groups in total. The summed E-state index contributed by atoms with van der Waals surface area (Å²) in [5.41, 5.74) is 1.08. The molecule has 0 bridgehead atoms. The van der Waals surface area contributed by atoms with Gasteiger partial charge in [-0.15, -0.1) is 24.8 Å². The third-order valence-electron chi connectivity index (χ3n) is 4.76. The Bertz CT molecular complexity index is 484. The van der Waals surface area contributed by atoms with Gasteiger partial charge in [0.05, 0.1) is 0 Å². The van der Waals surface area contributed by atoms with Crippen LogP contribution < -0.4 is 5.32 Å². The first-order valence-electron chi connectivity index (χ1n) is 7.79. The summed E-state index contributed by atoms with van der Waals surface area (Å²) >= 11 is 7.14. The fraction of sp³-hybridized carbons (Fsp3) is 0.625. The molecule has 3 nitrogen and oxygen atoms in total. The van der Waals surface area contributed by atoms with E-state index >= 15 is 0 Å². The van der Waals surface area contributed by atoms with Crippen molar-refractivity contribution in [3.8, 4) is 5.75 Å². The van der Waals surface area contributed by atoms with E-state index in [0.717, 1.165) is 40.7 Å². The van der Waals surface area contributed by atoms with Crippen LogP contribution in [0.15, 0.2) is 21.1 Å². The molecule has 2 aliphatic rings. The van der Waals surface area contributed by atoms with Gasteiger partial charge in [0.15, 0.2) is 0 Å². The molecule has 132 valence electrons. The second-order valence-electron chi connectivity index (χ2n) is 6.10.